The topological polar surface area (TPSA) is 249 Å². The Morgan fingerprint density at radius 2 is 0.720 bits per heavy atom. The van der Waals surface area contributed by atoms with Gasteiger partial charge in [0, 0.05) is 36.7 Å². The van der Waals surface area contributed by atoms with Crippen LogP contribution in [-0.2, 0) is 0 Å². The van der Waals surface area contributed by atoms with Gasteiger partial charge in [-0.3, -0.25) is 0 Å². The lowest BCUT2D eigenvalue weighted by atomic mass is 10.0. The number of benzene rings is 7. The largest absolute Gasteiger partial charge is 0.486 e. The van der Waals surface area contributed by atoms with Gasteiger partial charge in [0.15, 0.2) is 34.5 Å². The number of aliphatic hydroxyl groups excluding tert-OH is 3. The minimum absolute atomic E-state index is 0.334. The first-order chi connectivity index (χ1) is 45.3. The molecule has 6 aliphatic rings. The number of hydrogen-bond acceptors (Lipinski definition) is 15. The summed E-state index contributed by atoms with van der Waals surface area (Å²) in [6.45, 7) is 12.4. The van der Waals surface area contributed by atoms with Crippen LogP contribution >= 0.6 is 0 Å². The first kappa shape index (κ1) is 65.6. The Morgan fingerprint density at radius 3 is 1.10 bits per heavy atom. The number of nitrogens with zero attached hydrogens (tertiary/aromatic N) is 3. The molecule has 9 N–H and O–H groups in total. The zero-order valence-corrected chi connectivity index (χ0v) is 52.4. The highest BCUT2D eigenvalue weighted by Gasteiger charge is 2.32. The molecule has 0 saturated carbocycles. The van der Waals surface area contributed by atoms with Crippen molar-refractivity contribution in [3.8, 4) is 34.5 Å². The van der Waals surface area contributed by atoms with E-state index in [4.69, 9.17) is 28.4 Å². The van der Waals surface area contributed by atoms with Crippen molar-refractivity contribution >= 4 is 45.9 Å². The monoisotopic (exact) mass is 1270 g/mol. The SMILES string of the molecule is Cc1ccc(NC(=O)NC(CN2CCCC2)C(O)c2ccc3c(c2)OCCO3)cc1.O=C(Nc1ccc(F)cc1)NC(CN1CCCC1)C(O)c1ccc2c(c1)OCCO2.O=C(Nc1ccc2ccccc2c1)NC(CN1CCCC1)C(O)c1ccc2c(c1)OCCO2. The van der Waals surface area contributed by atoms with Gasteiger partial charge >= 0.3 is 18.1 Å². The van der Waals surface area contributed by atoms with E-state index in [2.05, 4.69) is 46.6 Å². The maximum Gasteiger partial charge on any atom is 0.319 e. The fourth-order valence-electron chi connectivity index (χ4n) is 12.3. The zero-order chi connectivity index (χ0) is 64.5. The fraction of sp³-hybridized carbons (Fsp3) is 0.394. The van der Waals surface area contributed by atoms with Crippen LogP contribution in [0.25, 0.3) is 10.8 Å². The predicted molar refractivity (Wildman–Crippen MR) is 354 cm³/mol. The molecule has 492 valence electrons. The molecule has 0 aromatic heterocycles. The summed E-state index contributed by atoms with van der Waals surface area (Å²) < 4.78 is 46.7. The van der Waals surface area contributed by atoms with E-state index in [1.54, 1.807) is 30.3 Å². The number of carbonyl (C=O) groups is 3. The summed E-state index contributed by atoms with van der Waals surface area (Å²) in [7, 11) is 0. The number of ether oxygens (including phenoxy) is 6. The van der Waals surface area contributed by atoms with Crippen molar-refractivity contribution in [3.05, 3.63) is 174 Å². The first-order valence-corrected chi connectivity index (χ1v) is 32.3. The van der Waals surface area contributed by atoms with Gasteiger partial charge in [0.25, 0.3) is 0 Å². The third-order valence-electron chi connectivity index (χ3n) is 17.2. The molecule has 13 rings (SSSR count). The Labute approximate surface area is 541 Å². The molecular weight excluding hydrogens is 1190 g/mol. The van der Waals surface area contributed by atoms with Gasteiger partial charge in [-0.05, 0) is 197 Å². The van der Waals surface area contributed by atoms with Crippen molar-refractivity contribution in [2.24, 2.45) is 0 Å². The van der Waals surface area contributed by atoms with Crippen molar-refractivity contribution in [3.63, 3.8) is 0 Å². The van der Waals surface area contributed by atoms with Gasteiger partial charge in [-0.1, -0.05) is 66.2 Å². The second-order valence-corrected chi connectivity index (χ2v) is 24.1. The van der Waals surface area contributed by atoms with Crippen LogP contribution in [-0.4, -0.2) is 165 Å². The van der Waals surface area contributed by atoms with Crippen molar-refractivity contribution in [1.82, 2.24) is 30.7 Å². The van der Waals surface area contributed by atoms with E-state index < -0.39 is 42.5 Å². The molecule has 22 heteroatoms. The summed E-state index contributed by atoms with van der Waals surface area (Å²) in [5.74, 6) is 3.47. The fourth-order valence-corrected chi connectivity index (χ4v) is 12.3. The van der Waals surface area contributed by atoms with E-state index in [0.717, 1.165) is 94.1 Å². The summed E-state index contributed by atoms with van der Waals surface area (Å²) in [4.78, 5) is 44.9. The van der Waals surface area contributed by atoms with Crippen LogP contribution in [0.1, 0.15) is 79.1 Å². The number of likely N-dealkylation sites (tertiary alicyclic amines) is 3. The number of anilines is 3. The summed E-state index contributed by atoms with van der Waals surface area (Å²) >= 11 is 0. The van der Waals surface area contributed by atoms with Crippen LogP contribution in [0.4, 0.5) is 35.8 Å². The molecule has 6 heterocycles. The second-order valence-electron chi connectivity index (χ2n) is 24.1. The summed E-state index contributed by atoms with van der Waals surface area (Å²) in [5, 5.41) is 52.9. The average molecular weight is 1270 g/mol. The molecule has 6 amide bonds. The highest BCUT2D eigenvalue weighted by molar-refractivity contribution is 5.94. The lowest BCUT2D eigenvalue weighted by molar-refractivity contribution is 0.110. The molecule has 3 saturated heterocycles. The molecule has 7 aromatic rings. The van der Waals surface area contributed by atoms with Crippen molar-refractivity contribution < 1.29 is 62.5 Å². The smallest absolute Gasteiger partial charge is 0.319 e. The second kappa shape index (κ2) is 32.1. The molecule has 0 radical (unpaired) electrons. The van der Waals surface area contributed by atoms with Crippen molar-refractivity contribution in [2.75, 3.05) is 114 Å². The lowest BCUT2D eigenvalue weighted by Crippen LogP contribution is -2.48. The summed E-state index contributed by atoms with van der Waals surface area (Å²) in [6.07, 6.45) is 4.08. The highest BCUT2D eigenvalue weighted by atomic mass is 19.1. The number of nitrogens with one attached hydrogen (secondary N) is 6. The van der Waals surface area contributed by atoms with Crippen LogP contribution in [0.2, 0.25) is 0 Å². The molecule has 21 nitrogen and oxygen atoms in total. The Morgan fingerprint density at radius 1 is 0.398 bits per heavy atom. The number of urea groups is 3. The van der Waals surface area contributed by atoms with Crippen LogP contribution < -0.4 is 60.3 Å². The van der Waals surface area contributed by atoms with E-state index in [9.17, 15) is 34.1 Å². The average Bonchev–Trinajstić information content (AvgIpc) is 1.63. The summed E-state index contributed by atoms with van der Waals surface area (Å²) in [5.41, 5.74) is 5.05. The quantitative estimate of drug-likeness (QED) is 0.0388. The van der Waals surface area contributed by atoms with Crippen LogP contribution in [0.3, 0.4) is 0 Å². The van der Waals surface area contributed by atoms with Crippen LogP contribution in [0.15, 0.2) is 146 Å². The maximum atomic E-state index is 13.1. The molecule has 93 heavy (non-hydrogen) atoms. The number of rotatable bonds is 18. The first-order valence-electron chi connectivity index (χ1n) is 32.3. The van der Waals surface area contributed by atoms with Crippen molar-refractivity contribution in [1.29, 1.82) is 0 Å². The van der Waals surface area contributed by atoms with Gasteiger partial charge in [-0.2, -0.15) is 0 Å². The predicted octanol–water partition coefficient (Wildman–Crippen LogP) is 9.93. The Hall–Kier alpha value is -8.90. The van der Waals surface area contributed by atoms with E-state index in [0.29, 0.717) is 128 Å². The summed E-state index contributed by atoms with van der Waals surface area (Å²) in [6, 6.07) is 40.6. The Balaban J connectivity index is 0.000000143. The zero-order valence-electron chi connectivity index (χ0n) is 52.4. The van der Waals surface area contributed by atoms with Gasteiger partial charge in [0.1, 0.15) is 63.8 Å². The number of amides is 6. The molecule has 6 aliphatic heterocycles. The van der Waals surface area contributed by atoms with E-state index in [1.165, 1.54) is 24.3 Å². The highest BCUT2D eigenvalue weighted by Crippen LogP contribution is 2.37. The number of aryl methyl sites for hydroxylation is 1. The molecule has 7 aromatic carbocycles. The van der Waals surface area contributed by atoms with E-state index in [-0.39, 0.29) is 17.9 Å². The molecule has 0 aliphatic carbocycles. The van der Waals surface area contributed by atoms with Gasteiger partial charge in [-0.15, -0.1) is 0 Å². The minimum atomic E-state index is -0.930. The standard InChI is InChI=1S/C26H29N3O4.C23H29N3O4.C22H26FN3O4/c30-25(20-8-10-23-24(16-20)33-14-13-32-23)22(17-29-11-3-4-12-29)28-26(31)27-21-9-7-18-5-1-2-6-19(18)15-21;1-16-4-7-18(8-5-16)24-23(28)25-19(15-26-10-2-3-11-26)22(27)17-6-9-20-21(14-17)30-13-12-29-20;23-16-4-6-17(7-5-16)24-22(28)25-18(14-26-9-1-2-10-26)21(27)15-3-8-19-20(13-15)30-12-11-29-19/h1-2,5-10,15-16,22,25,30H,3-4,11-14,17H2,(H2,27,28,31);4-9,14,19,22,27H,2-3,10-13,15H2,1H3,(H2,24,25,28);3-8,13,18,21,27H,1-2,9-12,14H2,(H2,24,25,28). The van der Waals surface area contributed by atoms with Gasteiger partial charge in [0.05, 0.1) is 18.1 Å². The van der Waals surface area contributed by atoms with Crippen LogP contribution in [0, 0.1) is 12.7 Å². The number of fused-ring (bicyclic) bond motifs is 4. The maximum absolute atomic E-state index is 13.1. The normalized spacial score (nSPS) is 17.8. The number of hydrogen-bond donors (Lipinski definition) is 9. The van der Waals surface area contributed by atoms with Gasteiger partial charge in [0.2, 0.25) is 0 Å². The Kier molecular flexibility index (Phi) is 22.6. The molecule has 0 spiro atoms. The van der Waals surface area contributed by atoms with Crippen LogP contribution in [0.5, 0.6) is 34.5 Å². The number of aliphatic hydroxyl groups is 3. The van der Waals surface area contributed by atoms with E-state index in [1.807, 2.05) is 97.9 Å². The lowest BCUT2D eigenvalue weighted by Gasteiger charge is -2.29. The third kappa shape index (κ3) is 18.5. The van der Waals surface area contributed by atoms with Gasteiger partial charge < -0.3 is 90.3 Å². The molecule has 6 unspecified atom stereocenters. The number of carbonyl (C=O) groups excluding carboxylic acids is 3. The third-order valence-corrected chi connectivity index (χ3v) is 17.2. The molecule has 0 bridgehead atoms. The van der Waals surface area contributed by atoms with Gasteiger partial charge in [-0.25, -0.2) is 18.8 Å². The Bertz CT molecular complexity index is 3460. The molecule has 6 atom stereocenters. The van der Waals surface area contributed by atoms with E-state index >= 15 is 0 Å². The van der Waals surface area contributed by atoms with Crippen molar-refractivity contribution in [2.45, 2.75) is 81.9 Å². The molecular formula is C71H84FN9O12. The minimum Gasteiger partial charge on any atom is -0.486 e. The number of halogens is 1. The molecule has 3 fully saturated rings.